The Bertz CT molecular complexity index is 2320. The SMILES string of the molecule is Oc1cccc2c1-c1ccc(N(c3ccc(-c4ccccc4)cc3)c3ccc(-c4ccccc4)cc3)cc1C2(c1ccccc1)c1ccccc1. The average Bonchev–Trinajstić information content (AvgIpc) is 3.51. The lowest BCUT2D eigenvalue weighted by molar-refractivity contribution is 0.477. The average molecular weight is 654 g/mol. The molecule has 51 heavy (non-hydrogen) atoms. The molecule has 0 spiro atoms. The zero-order chi connectivity index (χ0) is 34.2. The summed E-state index contributed by atoms with van der Waals surface area (Å²) in [6, 6.07) is 72.8. The monoisotopic (exact) mass is 653 g/mol. The minimum atomic E-state index is -0.637. The molecule has 1 aliphatic rings. The first-order valence-corrected chi connectivity index (χ1v) is 17.4. The van der Waals surface area contributed by atoms with Crippen molar-refractivity contribution in [3.8, 4) is 39.1 Å². The number of hydrogen-bond acceptors (Lipinski definition) is 2. The van der Waals surface area contributed by atoms with Gasteiger partial charge in [-0.2, -0.15) is 0 Å². The van der Waals surface area contributed by atoms with Crippen molar-refractivity contribution < 1.29 is 5.11 Å². The zero-order valence-electron chi connectivity index (χ0n) is 28.0. The molecule has 8 aromatic carbocycles. The Morgan fingerprint density at radius 3 is 1.27 bits per heavy atom. The van der Waals surface area contributed by atoms with Crippen LogP contribution >= 0.6 is 0 Å². The largest absolute Gasteiger partial charge is 0.507 e. The van der Waals surface area contributed by atoms with Gasteiger partial charge in [0, 0.05) is 22.6 Å². The van der Waals surface area contributed by atoms with Crippen LogP contribution in [0.1, 0.15) is 22.3 Å². The normalized spacial score (nSPS) is 12.5. The van der Waals surface area contributed by atoms with Crippen molar-refractivity contribution in [3.05, 3.63) is 229 Å². The number of anilines is 3. The van der Waals surface area contributed by atoms with Gasteiger partial charge in [0.1, 0.15) is 5.75 Å². The van der Waals surface area contributed by atoms with Crippen LogP contribution in [-0.2, 0) is 5.41 Å². The molecule has 1 aliphatic carbocycles. The molecule has 0 heterocycles. The van der Waals surface area contributed by atoms with Crippen molar-refractivity contribution in [2.75, 3.05) is 4.90 Å². The molecule has 8 aromatic rings. The van der Waals surface area contributed by atoms with Gasteiger partial charge in [0.05, 0.1) is 5.41 Å². The fourth-order valence-electron chi connectivity index (χ4n) is 7.96. The highest BCUT2D eigenvalue weighted by atomic mass is 16.3. The topological polar surface area (TPSA) is 23.5 Å². The van der Waals surface area contributed by atoms with E-state index in [-0.39, 0.29) is 0 Å². The highest BCUT2D eigenvalue weighted by Crippen LogP contribution is 2.59. The predicted molar refractivity (Wildman–Crippen MR) is 211 cm³/mol. The van der Waals surface area contributed by atoms with Crippen molar-refractivity contribution in [3.63, 3.8) is 0 Å². The van der Waals surface area contributed by atoms with Gasteiger partial charge in [0.25, 0.3) is 0 Å². The molecule has 1 N–H and O–H groups in total. The van der Waals surface area contributed by atoms with Crippen LogP contribution in [0.2, 0.25) is 0 Å². The van der Waals surface area contributed by atoms with Crippen molar-refractivity contribution in [2.24, 2.45) is 0 Å². The summed E-state index contributed by atoms with van der Waals surface area (Å²) in [7, 11) is 0. The fourth-order valence-corrected chi connectivity index (χ4v) is 7.96. The first-order valence-electron chi connectivity index (χ1n) is 17.4. The van der Waals surface area contributed by atoms with Crippen LogP contribution in [0.15, 0.2) is 206 Å². The molecule has 0 aliphatic heterocycles. The number of rotatable bonds is 7. The maximum Gasteiger partial charge on any atom is 0.123 e. The van der Waals surface area contributed by atoms with Crippen molar-refractivity contribution in [1.82, 2.24) is 0 Å². The molecule has 0 saturated heterocycles. The predicted octanol–water partition coefficient (Wildman–Crippen LogP) is 12.6. The third-order valence-electron chi connectivity index (χ3n) is 10.3. The third-order valence-corrected chi connectivity index (χ3v) is 10.3. The minimum Gasteiger partial charge on any atom is -0.507 e. The van der Waals surface area contributed by atoms with Crippen molar-refractivity contribution >= 4 is 17.1 Å². The Balaban J connectivity index is 1.27. The van der Waals surface area contributed by atoms with Gasteiger partial charge < -0.3 is 10.0 Å². The summed E-state index contributed by atoms with van der Waals surface area (Å²) in [4.78, 5) is 2.34. The molecule has 9 rings (SSSR count). The Labute approximate surface area is 299 Å². The first-order chi connectivity index (χ1) is 25.2. The quantitative estimate of drug-likeness (QED) is 0.185. The summed E-state index contributed by atoms with van der Waals surface area (Å²) in [5.74, 6) is 0.292. The number of hydrogen-bond donors (Lipinski definition) is 1. The van der Waals surface area contributed by atoms with Crippen LogP contribution < -0.4 is 4.90 Å². The third kappa shape index (κ3) is 5.12. The van der Waals surface area contributed by atoms with Gasteiger partial charge in [-0.25, -0.2) is 0 Å². The summed E-state index contributed by atoms with van der Waals surface area (Å²) < 4.78 is 0. The van der Waals surface area contributed by atoms with Gasteiger partial charge in [-0.1, -0.05) is 164 Å². The first kappa shape index (κ1) is 30.4. The second-order valence-corrected chi connectivity index (χ2v) is 13.1. The van der Waals surface area contributed by atoms with Gasteiger partial charge in [-0.05, 0) is 92.5 Å². The van der Waals surface area contributed by atoms with Gasteiger partial charge in [-0.3, -0.25) is 0 Å². The summed E-state index contributed by atoms with van der Waals surface area (Å²) >= 11 is 0. The van der Waals surface area contributed by atoms with E-state index in [9.17, 15) is 5.11 Å². The van der Waals surface area contributed by atoms with Gasteiger partial charge >= 0.3 is 0 Å². The lowest BCUT2D eigenvalue weighted by Crippen LogP contribution is -2.28. The van der Waals surface area contributed by atoms with Gasteiger partial charge in [0.15, 0.2) is 0 Å². The van der Waals surface area contributed by atoms with Crippen LogP contribution in [0.4, 0.5) is 17.1 Å². The molecule has 0 unspecified atom stereocenters. The number of nitrogens with zero attached hydrogens (tertiary/aromatic N) is 1. The number of phenols is 1. The molecular formula is C49H35NO. The maximum atomic E-state index is 11.5. The smallest absolute Gasteiger partial charge is 0.123 e. The van der Waals surface area contributed by atoms with E-state index in [0.717, 1.165) is 50.4 Å². The summed E-state index contributed by atoms with van der Waals surface area (Å²) in [6.45, 7) is 0. The van der Waals surface area contributed by atoms with E-state index >= 15 is 0 Å². The van der Waals surface area contributed by atoms with Crippen molar-refractivity contribution in [1.29, 1.82) is 0 Å². The molecule has 0 saturated carbocycles. The highest BCUT2D eigenvalue weighted by molar-refractivity contribution is 5.92. The number of benzene rings is 8. The number of phenolic OH excluding ortho intramolecular Hbond substituents is 1. The lowest BCUT2D eigenvalue weighted by atomic mass is 9.67. The summed E-state index contributed by atoms with van der Waals surface area (Å²) in [5.41, 5.74) is 13.7. The van der Waals surface area contributed by atoms with Gasteiger partial charge in [-0.15, -0.1) is 0 Å². The molecule has 2 heteroatoms. The van der Waals surface area contributed by atoms with E-state index in [4.69, 9.17) is 0 Å². The zero-order valence-corrected chi connectivity index (χ0v) is 28.0. The Morgan fingerprint density at radius 1 is 0.353 bits per heavy atom. The van der Waals surface area contributed by atoms with E-state index in [2.05, 4.69) is 199 Å². The van der Waals surface area contributed by atoms with E-state index in [1.807, 2.05) is 6.07 Å². The molecule has 0 bridgehead atoms. The Hall–Kier alpha value is -6.64. The summed E-state index contributed by atoms with van der Waals surface area (Å²) in [6.07, 6.45) is 0. The molecule has 0 amide bonds. The van der Waals surface area contributed by atoms with E-state index in [1.165, 1.54) is 22.3 Å². The summed E-state index contributed by atoms with van der Waals surface area (Å²) in [5, 5.41) is 11.5. The lowest BCUT2D eigenvalue weighted by Gasteiger charge is -2.35. The van der Waals surface area contributed by atoms with Crippen LogP contribution in [0, 0.1) is 0 Å². The minimum absolute atomic E-state index is 0.292. The van der Waals surface area contributed by atoms with Gasteiger partial charge in [0.2, 0.25) is 0 Å². The highest BCUT2D eigenvalue weighted by Gasteiger charge is 2.47. The van der Waals surface area contributed by atoms with Crippen molar-refractivity contribution in [2.45, 2.75) is 5.41 Å². The fraction of sp³-hybridized carbons (Fsp3) is 0.0204. The Morgan fingerprint density at radius 2 is 0.784 bits per heavy atom. The molecule has 2 nitrogen and oxygen atoms in total. The van der Waals surface area contributed by atoms with Crippen LogP contribution in [0.3, 0.4) is 0 Å². The van der Waals surface area contributed by atoms with E-state index in [0.29, 0.717) is 5.75 Å². The molecule has 242 valence electrons. The van der Waals surface area contributed by atoms with Crippen LogP contribution in [0.25, 0.3) is 33.4 Å². The Kier molecular flexibility index (Phi) is 7.56. The molecule has 0 fully saturated rings. The second-order valence-electron chi connectivity index (χ2n) is 13.1. The molecule has 0 aromatic heterocycles. The maximum absolute atomic E-state index is 11.5. The molecule has 0 radical (unpaired) electrons. The standard InChI is InChI=1S/C49H35NO/c51-47-23-13-22-45-48(47)44-33-32-43(34-46(44)49(45,39-18-9-3-10-19-39)40-20-11-4-12-21-40)50(41-28-24-37(25-29-41)35-14-5-1-6-15-35)42-30-26-38(27-31-42)36-16-7-2-8-17-36/h1-34,51H. The molecular weight excluding hydrogens is 619 g/mol. The number of aromatic hydroxyl groups is 1. The van der Waals surface area contributed by atoms with E-state index < -0.39 is 5.41 Å². The number of fused-ring (bicyclic) bond motifs is 3. The van der Waals surface area contributed by atoms with E-state index in [1.54, 1.807) is 6.07 Å². The second kappa shape index (κ2) is 12.7. The molecule has 0 atom stereocenters. The van der Waals surface area contributed by atoms with Crippen LogP contribution in [0.5, 0.6) is 5.75 Å². The van der Waals surface area contributed by atoms with Crippen LogP contribution in [-0.4, -0.2) is 5.11 Å².